The lowest BCUT2D eigenvalue weighted by Gasteiger charge is -2.18. The Morgan fingerprint density at radius 3 is 2.42 bits per heavy atom. The molecule has 1 aliphatic rings. The molecule has 33 heavy (non-hydrogen) atoms. The van der Waals surface area contributed by atoms with Crippen molar-refractivity contribution in [1.82, 2.24) is 4.72 Å². The van der Waals surface area contributed by atoms with E-state index in [1.807, 2.05) is 0 Å². The lowest BCUT2D eigenvalue weighted by molar-refractivity contribution is -0.139. The van der Waals surface area contributed by atoms with Gasteiger partial charge in [-0.25, -0.2) is 13.1 Å². The van der Waals surface area contributed by atoms with E-state index >= 15 is 0 Å². The van der Waals surface area contributed by atoms with Crippen LogP contribution in [0.1, 0.15) is 27.0 Å². The van der Waals surface area contributed by atoms with Gasteiger partial charge in [0.25, 0.3) is 5.91 Å². The maximum Gasteiger partial charge on any atom is 0.417 e. The topological polar surface area (TPSA) is 66.5 Å². The molecule has 0 unspecified atom stereocenters. The second kappa shape index (κ2) is 8.81. The van der Waals surface area contributed by atoms with Gasteiger partial charge in [0, 0.05) is 29.4 Å². The Hall–Kier alpha value is -2.88. The number of fused-ring (bicyclic) bond motifs is 1. The number of hydrogen-bond acceptors (Lipinski definition) is 3. The van der Waals surface area contributed by atoms with E-state index in [0.717, 1.165) is 23.8 Å². The zero-order valence-electron chi connectivity index (χ0n) is 17.1. The Morgan fingerprint density at radius 2 is 1.73 bits per heavy atom. The standard InChI is InChI=1S/C23H18ClF3N2O3S/c24-18-8-6-16(7-9-18)22(30)29-12-11-17-13-15(5-10-20(17)29)14-28-33(31,32)21-4-2-1-3-19(21)23(25,26)27/h1-10,13,28H,11-12,14H2. The fourth-order valence-electron chi connectivity index (χ4n) is 3.72. The van der Waals surface area contributed by atoms with Gasteiger partial charge in [-0.3, -0.25) is 4.79 Å². The second-order valence-electron chi connectivity index (χ2n) is 7.50. The molecule has 1 amide bonds. The Kier molecular flexibility index (Phi) is 6.22. The van der Waals surface area contributed by atoms with Crippen LogP contribution in [-0.4, -0.2) is 20.9 Å². The summed E-state index contributed by atoms with van der Waals surface area (Å²) in [4.78, 5) is 13.6. The third-order valence-electron chi connectivity index (χ3n) is 5.32. The number of alkyl halides is 3. The van der Waals surface area contributed by atoms with E-state index in [4.69, 9.17) is 11.6 Å². The van der Waals surface area contributed by atoms with E-state index in [9.17, 15) is 26.4 Å². The third-order valence-corrected chi connectivity index (χ3v) is 7.04. The number of carbonyl (C=O) groups is 1. The normalized spacial score (nSPS) is 13.8. The van der Waals surface area contributed by atoms with Gasteiger partial charge in [-0.15, -0.1) is 0 Å². The summed E-state index contributed by atoms with van der Waals surface area (Å²) in [6.45, 7) is 0.276. The molecule has 0 spiro atoms. The quantitative estimate of drug-likeness (QED) is 0.540. The number of nitrogens with one attached hydrogen (secondary N) is 1. The molecular weight excluding hydrogens is 477 g/mol. The molecule has 4 rings (SSSR count). The van der Waals surface area contributed by atoms with Crippen molar-refractivity contribution in [1.29, 1.82) is 0 Å². The molecule has 0 aliphatic carbocycles. The Bertz CT molecular complexity index is 1310. The van der Waals surface area contributed by atoms with Crippen molar-refractivity contribution in [2.75, 3.05) is 11.4 Å². The summed E-state index contributed by atoms with van der Waals surface area (Å²) in [5.41, 5.74) is 1.41. The first-order valence-corrected chi connectivity index (χ1v) is 11.8. The number of amides is 1. The van der Waals surface area contributed by atoms with Gasteiger partial charge in [-0.2, -0.15) is 13.2 Å². The first-order chi connectivity index (χ1) is 15.6. The van der Waals surface area contributed by atoms with Crippen LogP contribution in [0.5, 0.6) is 0 Å². The van der Waals surface area contributed by atoms with Crippen molar-refractivity contribution in [3.63, 3.8) is 0 Å². The molecule has 3 aromatic carbocycles. The number of sulfonamides is 1. The third kappa shape index (κ3) is 4.90. The van der Waals surface area contributed by atoms with E-state index in [1.54, 1.807) is 47.4 Å². The van der Waals surface area contributed by atoms with Gasteiger partial charge in [-0.05, 0) is 60.0 Å². The zero-order valence-corrected chi connectivity index (χ0v) is 18.6. The fourth-order valence-corrected chi connectivity index (χ4v) is 5.08. The number of benzene rings is 3. The van der Waals surface area contributed by atoms with E-state index in [-0.39, 0.29) is 12.5 Å². The van der Waals surface area contributed by atoms with Crippen molar-refractivity contribution in [2.45, 2.75) is 24.0 Å². The smallest absolute Gasteiger partial charge is 0.308 e. The van der Waals surface area contributed by atoms with Crippen LogP contribution in [0.3, 0.4) is 0 Å². The van der Waals surface area contributed by atoms with Crippen molar-refractivity contribution in [3.05, 3.63) is 94.0 Å². The molecule has 0 radical (unpaired) electrons. The minimum atomic E-state index is -4.79. The molecule has 1 aliphatic heterocycles. The number of carbonyl (C=O) groups excluding carboxylic acids is 1. The van der Waals surface area contributed by atoms with Gasteiger partial charge in [0.15, 0.2) is 0 Å². The van der Waals surface area contributed by atoms with Crippen molar-refractivity contribution < 1.29 is 26.4 Å². The number of halogens is 4. The molecule has 0 atom stereocenters. The molecule has 0 saturated carbocycles. The molecule has 172 valence electrons. The molecule has 1 N–H and O–H groups in total. The van der Waals surface area contributed by atoms with Crippen molar-refractivity contribution in [3.8, 4) is 0 Å². The lowest BCUT2D eigenvalue weighted by atomic mass is 10.1. The highest BCUT2D eigenvalue weighted by Gasteiger charge is 2.36. The maximum absolute atomic E-state index is 13.2. The Labute approximate surface area is 193 Å². The molecule has 0 bridgehead atoms. The average Bonchev–Trinajstić information content (AvgIpc) is 3.20. The van der Waals surface area contributed by atoms with E-state index in [0.29, 0.717) is 34.8 Å². The van der Waals surface area contributed by atoms with E-state index < -0.39 is 26.7 Å². The highest BCUT2D eigenvalue weighted by Crippen LogP contribution is 2.34. The minimum absolute atomic E-state index is 0.178. The summed E-state index contributed by atoms with van der Waals surface area (Å²) in [5, 5.41) is 0.526. The summed E-state index contributed by atoms with van der Waals surface area (Å²) < 4.78 is 67.0. The number of hydrogen-bond donors (Lipinski definition) is 1. The Balaban J connectivity index is 1.51. The molecule has 0 aromatic heterocycles. The minimum Gasteiger partial charge on any atom is -0.308 e. The van der Waals surface area contributed by atoms with Crippen LogP contribution in [-0.2, 0) is 29.2 Å². The number of nitrogens with zero attached hydrogens (tertiary/aromatic N) is 1. The molecular formula is C23H18ClF3N2O3S. The van der Waals surface area contributed by atoms with Crippen LogP contribution in [0.25, 0.3) is 0 Å². The van der Waals surface area contributed by atoms with Gasteiger partial charge in [-0.1, -0.05) is 35.9 Å². The van der Waals surface area contributed by atoms with Gasteiger partial charge < -0.3 is 4.90 Å². The van der Waals surface area contributed by atoms with Crippen LogP contribution in [0.15, 0.2) is 71.6 Å². The molecule has 1 heterocycles. The SMILES string of the molecule is O=C(c1ccc(Cl)cc1)N1CCc2cc(CNS(=O)(=O)c3ccccc3C(F)(F)F)ccc21. The molecule has 10 heteroatoms. The predicted octanol–water partition coefficient (Wildman–Crippen LogP) is 5.04. The molecule has 0 fully saturated rings. The molecule has 3 aromatic rings. The first kappa shape index (κ1) is 23.3. The van der Waals surface area contributed by atoms with Crippen LogP contribution in [0, 0.1) is 0 Å². The summed E-state index contributed by atoms with van der Waals surface area (Å²) in [6.07, 6.45) is -4.22. The van der Waals surface area contributed by atoms with Gasteiger partial charge in [0.05, 0.1) is 10.5 Å². The van der Waals surface area contributed by atoms with Crippen LogP contribution in [0.2, 0.25) is 5.02 Å². The first-order valence-electron chi connectivity index (χ1n) is 9.91. The highest BCUT2D eigenvalue weighted by atomic mass is 35.5. The Morgan fingerprint density at radius 1 is 1.03 bits per heavy atom. The summed E-state index contributed by atoms with van der Waals surface area (Å²) in [5.74, 6) is -0.178. The predicted molar refractivity (Wildman–Crippen MR) is 119 cm³/mol. The average molecular weight is 495 g/mol. The van der Waals surface area contributed by atoms with Crippen molar-refractivity contribution in [2.24, 2.45) is 0 Å². The monoisotopic (exact) mass is 494 g/mol. The van der Waals surface area contributed by atoms with E-state index in [2.05, 4.69) is 4.72 Å². The molecule has 0 saturated heterocycles. The van der Waals surface area contributed by atoms with Gasteiger partial charge in [0.1, 0.15) is 0 Å². The van der Waals surface area contributed by atoms with Gasteiger partial charge in [0.2, 0.25) is 10.0 Å². The second-order valence-corrected chi connectivity index (χ2v) is 9.67. The number of rotatable bonds is 5. The summed E-state index contributed by atoms with van der Waals surface area (Å²) >= 11 is 5.88. The number of anilines is 1. The fraction of sp³-hybridized carbons (Fsp3) is 0.174. The van der Waals surface area contributed by atoms with Crippen LogP contribution >= 0.6 is 11.6 Å². The van der Waals surface area contributed by atoms with Crippen molar-refractivity contribution >= 4 is 33.2 Å². The maximum atomic E-state index is 13.2. The van der Waals surface area contributed by atoms with Gasteiger partial charge >= 0.3 is 6.18 Å². The highest BCUT2D eigenvalue weighted by molar-refractivity contribution is 7.89. The van der Waals surface area contributed by atoms with Crippen LogP contribution in [0.4, 0.5) is 18.9 Å². The lowest BCUT2D eigenvalue weighted by Crippen LogP contribution is -2.28. The molecule has 5 nitrogen and oxygen atoms in total. The zero-order chi connectivity index (χ0) is 23.8. The van der Waals surface area contributed by atoms with E-state index in [1.165, 1.54) is 6.07 Å². The summed E-state index contributed by atoms with van der Waals surface area (Å²) in [7, 11) is -4.40. The largest absolute Gasteiger partial charge is 0.417 e. The van der Waals surface area contributed by atoms with Crippen LogP contribution < -0.4 is 9.62 Å². The summed E-state index contributed by atoms with van der Waals surface area (Å²) in [6, 6.07) is 15.7.